The minimum Gasteiger partial charge on any atom is -0.406 e. The van der Waals surface area contributed by atoms with Gasteiger partial charge in [-0.2, -0.15) is 0 Å². The van der Waals surface area contributed by atoms with Crippen LogP contribution < -0.4 is 10.1 Å². The molecule has 24 heavy (non-hydrogen) atoms. The summed E-state index contributed by atoms with van der Waals surface area (Å²) < 4.78 is 56.6. The summed E-state index contributed by atoms with van der Waals surface area (Å²) in [5.41, 5.74) is 0.521. The number of aromatic nitrogens is 1. The van der Waals surface area contributed by atoms with Crippen LogP contribution in [0.3, 0.4) is 0 Å². The maximum Gasteiger partial charge on any atom is 0.573 e. The van der Waals surface area contributed by atoms with E-state index in [0.29, 0.717) is 11.3 Å². The molecule has 2 aromatic rings. The molecule has 1 atom stereocenters. The van der Waals surface area contributed by atoms with Crippen molar-refractivity contribution in [1.29, 1.82) is 0 Å². The van der Waals surface area contributed by atoms with Gasteiger partial charge in [0.1, 0.15) is 17.3 Å². The lowest BCUT2D eigenvalue weighted by atomic mass is 10.2. The van der Waals surface area contributed by atoms with Crippen LogP contribution in [0.25, 0.3) is 0 Å². The van der Waals surface area contributed by atoms with Gasteiger partial charge in [0.25, 0.3) is 0 Å². The fourth-order valence-electron chi connectivity index (χ4n) is 1.77. The number of nitrogens with zero attached hydrogens (tertiary/aromatic N) is 1. The zero-order valence-electron chi connectivity index (χ0n) is 12.4. The van der Waals surface area contributed by atoms with Gasteiger partial charge in [0.05, 0.1) is 0 Å². The SMILES string of the molecule is Cc1cc(NC(=O)C[S@@](=O)Cc2ccc(OC(F)(F)F)cc2)no1. The van der Waals surface area contributed by atoms with E-state index in [1.54, 1.807) is 6.92 Å². The molecule has 0 fully saturated rings. The van der Waals surface area contributed by atoms with Crippen molar-refractivity contribution in [3.8, 4) is 5.75 Å². The van der Waals surface area contributed by atoms with E-state index in [4.69, 9.17) is 4.52 Å². The fourth-order valence-corrected chi connectivity index (χ4v) is 2.81. The second-order valence-electron chi connectivity index (χ2n) is 4.79. The lowest BCUT2D eigenvalue weighted by Gasteiger charge is -2.09. The topological polar surface area (TPSA) is 81.4 Å². The highest BCUT2D eigenvalue weighted by atomic mass is 32.2. The third-order valence-corrected chi connectivity index (χ3v) is 3.91. The number of benzene rings is 1. The molecule has 10 heteroatoms. The molecule has 0 saturated heterocycles. The molecule has 0 aliphatic heterocycles. The predicted molar refractivity (Wildman–Crippen MR) is 79.7 cm³/mol. The Morgan fingerprint density at radius 3 is 2.54 bits per heavy atom. The molecular weight excluding hydrogens is 349 g/mol. The van der Waals surface area contributed by atoms with Gasteiger partial charge in [0, 0.05) is 22.6 Å². The highest BCUT2D eigenvalue weighted by Gasteiger charge is 2.30. The molecule has 0 bridgehead atoms. The number of alkyl halides is 3. The number of rotatable bonds is 6. The Balaban J connectivity index is 1.84. The zero-order valence-corrected chi connectivity index (χ0v) is 13.2. The number of halogens is 3. The van der Waals surface area contributed by atoms with E-state index in [9.17, 15) is 22.2 Å². The summed E-state index contributed by atoms with van der Waals surface area (Å²) in [5, 5.41) is 6.01. The Labute approximate surface area is 137 Å². The number of hydrogen-bond acceptors (Lipinski definition) is 5. The van der Waals surface area contributed by atoms with Gasteiger partial charge < -0.3 is 14.6 Å². The van der Waals surface area contributed by atoms with Gasteiger partial charge >= 0.3 is 6.36 Å². The standard InChI is InChI=1S/C14H13F3N2O4S/c1-9-6-12(19-23-9)18-13(20)8-24(21)7-10-2-4-11(5-3-10)22-14(15,16)17/h2-6H,7-8H2,1H3,(H,18,19,20)/t24-/m0/s1. The fraction of sp³-hybridized carbons (Fsp3) is 0.286. The normalized spacial score (nSPS) is 12.7. The average molecular weight is 362 g/mol. The van der Waals surface area contributed by atoms with Crippen molar-refractivity contribution in [3.63, 3.8) is 0 Å². The summed E-state index contributed by atoms with van der Waals surface area (Å²) >= 11 is 0. The van der Waals surface area contributed by atoms with E-state index in [-0.39, 0.29) is 23.1 Å². The molecule has 0 unspecified atom stereocenters. The minimum atomic E-state index is -4.76. The zero-order chi connectivity index (χ0) is 17.7. The van der Waals surface area contributed by atoms with Crippen molar-refractivity contribution in [3.05, 3.63) is 41.7 Å². The average Bonchev–Trinajstić information content (AvgIpc) is 2.84. The van der Waals surface area contributed by atoms with Crippen LogP contribution in [0.4, 0.5) is 19.0 Å². The van der Waals surface area contributed by atoms with Crippen molar-refractivity contribution < 1.29 is 31.4 Å². The van der Waals surface area contributed by atoms with Crippen LogP contribution in [0.2, 0.25) is 0 Å². The lowest BCUT2D eigenvalue weighted by molar-refractivity contribution is -0.274. The molecule has 0 spiro atoms. The molecule has 1 N–H and O–H groups in total. The smallest absolute Gasteiger partial charge is 0.406 e. The molecule has 0 saturated carbocycles. The van der Waals surface area contributed by atoms with Gasteiger partial charge in [-0.05, 0) is 24.6 Å². The number of anilines is 1. The van der Waals surface area contributed by atoms with E-state index in [2.05, 4.69) is 15.2 Å². The van der Waals surface area contributed by atoms with Gasteiger partial charge in [-0.3, -0.25) is 9.00 Å². The third-order valence-electron chi connectivity index (χ3n) is 2.67. The van der Waals surface area contributed by atoms with Crippen LogP contribution in [-0.4, -0.2) is 27.4 Å². The van der Waals surface area contributed by atoms with Crippen LogP contribution in [0.15, 0.2) is 34.9 Å². The first kappa shape index (κ1) is 18.0. The quantitative estimate of drug-likeness (QED) is 0.855. The van der Waals surface area contributed by atoms with Crippen LogP contribution in [0, 0.1) is 6.92 Å². The Kier molecular flexibility index (Phi) is 5.60. The van der Waals surface area contributed by atoms with Crippen molar-refractivity contribution in [2.75, 3.05) is 11.1 Å². The number of amides is 1. The van der Waals surface area contributed by atoms with E-state index in [1.165, 1.54) is 18.2 Å². The Morgan fingerprint density at radius 2 is 2.00 bits per heavy atom. The van der Waals surface area contributed by atoms with E-state index in [0.717, 1.165) is 12.1 Å². The Morgan fingerprint density at radius 1 is 1.33 bits per heavy atom. The first-order chi connectivity index (χ1) is 11.2. The Hall–Kier alpha value is -2.36. The number of hydrogen-bond donors (Lipinski definition) is 1. The third kappa shape index (κ3) is 6.03. The molecule has 130 valence electrons. The van der Waals surface area contributed by atoms with Crippen molar-refractivity contribution in [1.82, 2.24) is 5.16 Å². The van der Waals surface area contributed by atoms with Crippen molar-refractivity contribution in [2.45, 2.75) is 19.0 Å². The molecule has 1 aromatic carbocycles. The maximum absolute atomic E-state index is 12.0. The molecule has 6 nitrogen and oxygen atoms in total. The Bertz CT molecular complexity index is 728. The molecule has 0 radical (unpaired) electrons. The van der Waals surface area contributed by atoms with Gasteiger partial charge in [-0.15, -0.1) is 13.2 Å². The predicted octanol–water partition coefficient (Wildman–Crippen LogP) is 2.77. The van der Waals surface area contributed by atoms with Crippen molar-refractivity contribution >= 4 is 22.5 Å². The first-order valence-corrected chi connectivity index (χ1v) is 8.13. The first-order valence-electron chi connectivity index (χ1n) is 6.64. The molecule has 1 amide bonds. The number of nitrogens with one attached hydrogen (secondary N) is 1. The summed E-state index contributed by atoms with van der Waals surface area (Å²) in [6, 6.07) is 6.48. The number of carbonyl (C=O) groups is 1. The van der Waals surface area contributed by atoms with Gasteiger partial charge in [0.2, 0.25) is 5.91 Å². The second-order valence-corrected chi connectivity index (χ2v) is 6.25. The molecule has 2 rings (SSSR count). The van der Waals surface area contributed by atoms with Crippen LogP contribution in [0.5, 0.6) is 5.75 Å². The monoisotopic (exact) mass is 362 g/mol. The minimum absolute atomic E-state index is 0.0254. The number of aryl methyl sites for hydroxylation is 1. The summed E-state index contributed by atoms with van der Waals surface area (Å²) in [6.07, 6.45) is -4.76. The van der Waals surface area contributed by atoms with Gasteiger partial charge in [-0.25, -0.2) is 0 Å². The van der Waals surface area contributed by atoms with E-state index in [1.807, 2.05) is 0 Å². The molecule has 1 aromatic heterocycles. The summed E-state index contributed by atoms with van der Waals surface area (Å²) in [5.74, 6) is -0.366. The number of ether oxygens (including phenoxy) is 1. The van der Waals surface area contributed by atoms with E-state index < -0.39 is 23.1 Å². The summed E-state index contributed by atoms with van der Waals surface area (Å²) in [7, 11) is -1.53. The second kappa shape index (κ2) is 7.47. The van der Waals surface area contributed by atoms with Gasteiger partial charge in [-0.1, -0.05) is 17.3 Å². The molecule has 0 aliphatic carbocycles. The maximum atomic E-state index is 12.0. The molecular formula is C14H13F3N2O4S. The highest BCUT2D eigenvalue weighted by molar-refractivity contribution is 7.84. The molecule has 0 aliphatic rings. The summed E-state index contributed by atoms with van der Waals surface area (Å²) in [6.45, 7) is 1.66. The number of carbonyl (C=O) groups excluding carboxylic acids is 1. The highest BCUT2D eigenvalue weighted by Crippen LogP contribution is 2.23. The van der Waals surface area contributed by atoms with Crippen LogP contribution in [-0.2, 0) is 21.3 Å². The largest absolute Gasteiger partial charge is 0.573 e. The van der Waals surface area contributed by atoms with Gasteiger partial charge in [0.15, 0.2) is 5.82 Å². The van der Waals surface area contributed by atoms with Crippen LogP contribution in [0.1, 0.15) is 11.3 Å². The van der Waals surface area contributed by atoms with Crippen molar-refractivity contribution in [2.24, 2.45) is 0 Å². The molecule has 1 heterocycles. The lowest BCUT2D eigenvalue weighted by Crippen LogP contribution is -2.20. The van der Waals surface area contributed by atoms with Crippen LogP contribution >= 0.6 is 0 Å². The summed E-state index contributed by atoms with van der Waals surface area (Å²) in [4.78, 5) is 11.7. The van der Waals surface area contributed by atoms with E-state index >= 15 is 0 Å².